The highest BCUT2D eigenvalue weighted by atomic mass is 35.5. The standard InChI is InChI=1S/C25H23ClNO3P/c1-18-17-23(30-24(18)28)25(2,19-13-15-20(26)16-14-19)27-31(29,21-9-5-3-6-10-21)22-11-7-4-8-12-22/h3-17,23H,1-2H3,(H,27,29)/t23-,25+/m0/s1. The number of carbonyl (C=O) groups excluding carboxylic acids is 1. The summed E-state index contributed by atoms with van der Waals surface area (Å²) in [6, 6.07) is 25.9. The van der Waals surface area contributed by atoms with Crippen LogP contribution in [0.3, 0.4) is 0 Å². The third kappa shape index (κ3) is 4.12. The van der Waals surface area contributed by atoms with Crippen molar-refractivity contribution in [2.24, 2.45) is 0 Å². The summed E-state index contributed by atoms with van der Waals surface area (Å²) in [6.07, 6.45) is 1.14. The second-order valence-corrected chi connectivity index (χ2v) is 10.7. The summed E-state index contributed by atoms with van der Waals surface area (Å²) in [4.78, 5) is 12.2. The van der Waals surface area contributed by atoms with Crippen molar-refractivity contribution in [3.63, 3.8) is 0 Å². The summed E-state index contributed by atoms with van der Waals surface area (Å²) in [7, 11) is -3.32. The van der Waals surface area contributed by atoms with E-state index >= 15 is 0 Å². The molecule has 3 aromatic carbocycles. The summed E-state index contributed by atoms with van der Waals surface area (Å²) >= 11 is 6.12. The third-order valence-corrected chi connectivity index (χ3v) is 8.68. The van der Waals surface area contributed by atoms with Crippen molar-refractivity contribution in [1.82, 2.24) is 5.09 Å². The Morgan fingerprint density at radius 2 is 1.42 bits per heavy atom. The van der Waals surface area contributed by atoms with Gasteiger partial charge in [-0.25, -0.2) is 9.88 Å². The van der Waals surface area contributed by atoms with E-state index in [0.29, 0.717) is 21.2 Å². The van der Waals surface area contributed by atoms with E-state index in [2.05, 4.69) is 5.09 Å². The highest BCUT2D eigenvalue weighted by Crippen LogP contribution is 2.46. The van der Waals surface area contributed by atoms with E-state index in [1.165, 1.54) is 0 Å². The molecule has 3 aromatic rings. The lowest BCUT2D eigenvalue weighted by Gasteiger charge is -2.39. The molecule has 0 radical (unpaired) electrons. The number of cyclic esters (lactones) is 1. The maximum atomic E-state index is 14.7. The first-order valence-corrected chi connectivity index (χ1v) is 12.1. The average Bonchev–Trinajstić information content (AvgIpc) is 3.14. The Labute approximate surface area is 187 Å². The van der Waals surface area contributed by atoms with Gasteiger partial charge in [0.2, 0.25) is 7.29 Å². The van der Waals surface area contributed by atoms with Gasteiger partial charge in [0.15, 0.2) is 0 Å². The SMILES string of the molecule is CC1=C[C@@H]([C@](C)(NP(=O)(c2ccccc2)c2ccccc2)c2ccc(Cl)cc2)OC1=O. The molecule has 1 aliphatic heterocycles. The van der Waals surface area contributed by atoms with E-state index in [1.807, 2.05) is 79.7 Å². The van der Waals surface area contributed by atoms with E-state index in [-0.39, 0.29) is 5.97 Å². The highest BCUT2D eigenvalue weighted by Gasteiger charge is 2.46. The lowest BCUT2D eigenvalue weighted by atomic mass is 9.87. The minimum absolute atomic E-state index is 0.374. The van der Waals surface area contributed by atoms with Gasteiger partial charge >= 0.3 is 5.97 Å². The Bertz CT molecular complexity index is 1120. The number of ether oxygens (including phenoxy) is 1. The molecule has 0 aliphatic carbocycles. The molecule has 31 heavy (non-hydrogen) atoms. The molecule has 0 saturated carbocycles. The Hall–Kier alpha value is -2.65. The minimum Gasteiger partial charge on any atom is -0.452 e. The molecule has 1 heterocycles. The number of hydrogen-bond donors (Lipinski definition) is 1. The fraction of sp³-hybridized carbons (Fsp3) is 0.160. The van der Waals surface area contributed by atoms with Crippen LogP contribution in [-0.2, 0) is 19.6 Å². The Morgan fingerprint density at radius 3 is 1.87 bits per heavy atom. The van der Waals surface area contributed by atoms with Gasteiger partial charge < -0.3 is 4.74 Å². The van der Waals surface area contributed by atoms with Crippen LogP contribution in [0.15, 0.2) is 96.6 Å². The van der Waals surface area contributed by atoms with Crippen molar-refractivity contribution < 1.29 is 14.1 Å². The molecule has 0 bridgehead atoms. The Kier molecular flexibility index (Phi) is 5.90. The number of nitrogens with one attached hydrogen (secondary N) is 1. The fourth-order valence-corrected chi connectivity index (χ4v) is 6.57. The van der Waals surface area contributed by atoms with Crippen molar-refractivity contribution in [1.29, 1.82) is 0 Å². The van der Waals surface area contributed by atoms with Crippen molar-refractivity contribution in [2.75, 3.05) is 0 Å². The molecular weight excluding hydrogens is 429 g/mol. The van der Waals surface area contributed by atoms with Crippen LogP contribution in [0.2, 0.25) is 5.02 Å². The number of halogens is 1. The van der Waals surface area contributed by atoms with Gasteiger partial charge in [0.05, 0.1) is 5.54 Å². The van der Waals surface area contributed by atoms with Crippen molar-refractivity contribution in [3.05, 3.63) is 107 Å². The zero-order valence-corrected chi connectivity index (χ0v) is 18.9. The number of esters is 1. The van der Waals surface area contributed by atoms with Crippen LogP contribution < -0.4 is 15.7 Å². The largest absolute Gasteiger partial charge is 0.452 e. The van der Waals surface area contributed by atoms with E-state index < -0.39 is 18.9 Å². The van der Waals surface area contributed by atoms with Crippen LogP contribution in [0.5, 0.6) is 0 Å². The monoisotopic (exact) mass is 451 g/mol. The van der Waals surface area contributed by atoms with Gasteiger partial charge in [0.1, 0.15) is 6.10 Å². The van der Waals surface area contributed by atoms with Crippen molar-refractivity contribution in [2.45, 2.75) is 25.5 Å². The first kappa shape index (κ1) is 21.6. The van der Waals surface area contributed by atoms with Gasteiger partial charge in [-0.05, 0) is 61.9 Å². The van der Waals surface area contributed by atoms with E-state index in [1.54, 1.807) is 25.1 Å². The van der Waals surface area contributed by atoms with Crippen LogP contribution >= 0.6 is 18.9 Å². The lowest BCUT2D eigenvalue weighted by Crippen LogP contribution is -2.50. The summed E-state index contributed by atoms with van der Waals surface area (Å²) in [6.45, 7) is 3.63. The lowest BCUT2D eigenvalue weighted by molar-refractivity contribution is -0.142. The molecule has 0 fully saturated rings. The highest BCUT2D eigenvalue weighted by molar-refractivity contribution is 7.77. The second-order valence-electron chi connectivity index (χ2n) is 7.78. The Morgan fingerprint density at radius 1 is 0.903 bits per heavy atom. The molecule has 158 valence electrons. The first-order chi connectivity index (χ1) is 14.8. The third-order valence-electron chi connectivity index (χ3n) is 5.60. The predicted molar refractivity (Wildman–Crippen MR) is 125 cm³/mol. The molecule has 1 N–H and O–H groups in total. The zero-order valence-electron chi connectivity index (χ0n) is 17.3. The average molecular weight is 452 g/mol. The fourth-order valence-electron chi connectivity index (χ4n) is 3.79. The van der Waals surface area contributed by atoms with Gasteiger partial charge in [0, 0.05) is 21.2 Å². The van der Waals surface area contributed by atoms with Crippen molar-refractivity contribution >= 4 is 35.5 Å². The van der Waals surface area contributed by atoms with Crippen LogP contribution in [0.4, 0.5) is 0 Å². The summed E-state index contributed by atoms with van der Waals surface area (Å²) < 4.78 is 20.4. The molecule has 0 amide bonds. The summed E-state index contributed by atoms with van der Waals surface area (Å²) in [5, 5.41) is 5.39. The van der Waals surface area contributed by atoms with Crippen LogP contribution in [0.25, 0.3) is 0 Å². The Balaban J connectivity index is 1.89. The normalized spacial score (nSPS) is 18.2. The number of carbonyl (C=O) groups is 1. The minimum atomic E-state index is -3.32. The molecule has 6 heteroatoms. The van der Waals surface area contributed by atoms with E-state index in [0.717, 1.165) is 5.56 Å². The van der Waals surface area contributed by atoms with Crippen LogP contribution in [0, 0.1) is 0 Å². The zero-order chi connectivity index (χ0) is 22.1. The molecule has 0 aromatic heterocycles. The van der Waals surface area contributed by atoms with Crippen LogP contribution in [0.1, 0.15) is 19.4 Å². The van der Waals surface area contributed by atoms with E-state index in [9.17, 15) is 9.36 Å². The first-order valence-electron chi connectivity index (χ1n) is 9.99. The molecular formula is C25H23ClNO3P. The second kappa shape index (κ2) is 8.47. The van der Waals surface area contributed by atoms with Gasteiger partial charge in [0.25, 0.3) is 0 Å². The van der Waals surface area contributed by atoms with Gasteiger partial charge in [-0.1, -0.05) is 60.1 Å². The smallest absolute Gasteiger partial charge is 0.334 e. The number of benzene rings is 3. The molecule has 0 spiro atoms. The maximum Gasteiger partial charge on any atom is 0.334 e. The summed E-state index contributed by atoms with van der Waals surface area (Å²) in [5.41, 5.74) is 0.369. The maximum absolute atomic E-state index is 14.7. The van der Waals surface area contributed by atoms with E-state index in [4.69, 9.17) is 16.3 Å². The quantitative estimate of drug-likeness (QED) is 0.426. The topological polar surface area (TPSA) is 55.4 Å². The molecule has 4 rings (SSSR count). The molecule has 0 saturated heterocycles. The molecule has 0 unspecified atom stereocenters. The molecule has 2 atom stereocenters. The predicted octanol–water partition coefficient (Wildman–Crippen LogP) is 4.95. The van der Waals surface area contributed by atoms with Gasteiger partial charge in [-0.15, -0.1) is 0 Å². The number of rotatable bonds is 6. The van der Waals surface area contributed by atoms with Gasteiger partial charge in [-0.3, -0.25) is 4.57 Å². The van der Waals surface area contributed by atoms with Gasteiger partial charge in [-0.2, -0.15) is 0 Å². The molecule has 4 nitrogen and oxygen atoms in total. The van der Waals surface area contributed by atoms with Crippen LogP contribution in [-0.4, -0.2) is 12.1 Å². The summed E-state index contributed by atoms with van der Waals surface area (Å²) in [5.74, 6) is -0.374. The number of hydrogen-bond acceptors (Lipinski definition) is 3. The molecule has 1 aliphatic rings. The van der Waals surface area contributed by atoms with Crippen molar-refractivity contribution in [3.8, 4) is 0 Å².